The van der Waals surface area contributed by atoms with Gasteiger partial charge in [0.1, 0.15) is 5.69 Å². The number of carbonyl (C=O) groups excluding carboxylic acids is 1. The molecule has 0 aliphatic carbocycles. The predicted molar refractivity (Wildman–Crippen MR) is 79.2 cm³/mol. The Morgan fingerprint density at radius 3 is 2.85 bits per heavy atom. The molecule has 20 heavy (non-hydrogen) atoms. The highest BCUT2D eigenvalue weighted by molar-refractivity contribution is 9.09. The first-order valence-electron chi connectivity index (χ1n) is 6.72. The van der Waals surface area contributed by atoms with Crippen molar-refractivity contribution in [2.75, 3.05) is 11.9 Å². The lowest BCUT2D eigenvalue weighted by molar-refractivity contribution is -0.384. The Hall–Kier alpha value is -1.37. The summed E-state index contributed by atoms with van der Waals surface area (Å²) in [4.78, 5) is 24.8. The average molecular weight is 344 g/mol. The second-order valence-electron chi connectivity index (χ2n) is 5.11. The van der Waals surface area contributed by atoms with Crippen LogP contribution in [-0.2, 0) is 7.05 Å². The van der Waals surface area contributed by atoms with Crippen LogP contribution in [0.4, 0.5) is 5.69 Å². The van der Waals surface area contributed by atoms with Gasteiger partial charge in [0, 0.05) is 31.0 Å². The minimum Gasteiger partial charge on any atom is -0.340 e. The lowest BCUT2D eigenvalue weighted by Gasteiger charge is -2.28. The molecule has 1 aliphatic heterocycles. The largest absolute Gasteiger partial charge is 0.340 e. The van der Waals surface area contributed by atoms with Gasteiger partial charge in [-0.3, -0.25) is 14.9 Å². The van der Waals surface area contributed by atoms with Gasteiger partial charge in [-0.05, 0) is 12.8 Å². The number of hydrogen-bond donors (Lipinski definition) is 0. The first kappa shape index (κ1) is 15.0. The summed E-state index contributed by atoms with van der Waals surface area (Å²) < 4.78 is 1.54. The highest BCUT2D eigenvalue weighted by Gasteiger charge is 2.28. The van der Waals surface area contributed by atoms with Crippen LogP contribution in [0.5, 0.6) is 0 Å². The number of likely N-dealkylation sites (tertiary alicyclic amines) is 1. The maximum absolute atomic E-state index is 12.6. The SMILES string of the molecule is Cn1cc([N+](=O)[O-])cc1C(=O)N1CCCCCC1CBr. The molecular weight excluding hydrogens is 326 g/mol. The molecule has 0 spiro atoms. The number of alkyl halides is 1. The standard InChI is InChI=1S/C13H18BrN3O3/c1-15-9-11(17(19)20)7-12(15)13(18)16-6-4-2-3-5-10(16)8-14/h7,9-10H,2-6,8H2,1H3. The molecule has 0 N–H and O–H groups in total. The van der Waals surface area contributed by atoms with Gasteiger partial charge in [-0.1, -0.05) is 28.8 Å². The van der Waals surface area contributed by atoms with E-state index in [9.17, 15) is 14.9 Å². The van der Waals surface area contributed by atoms with Crippen LogP contribution in [0.3, 0.4) is 0 Å². The summed E-state index contributed by atoms with van der Waals surface area (Å²) >= 11 is 3.46. The van der Waals surface area contributed by atoms with Gasteiger partial charge in [-0.2, -0.15) is 0 Å². The molecule has 1 unspecified atom stereocenters. The fraction of sp³-hybridized carbons (Fsp3) is 0.615. The maximum atomic E-state index is 12.6. The summed E-state index contributed by atoms with van der Waals surface area (Å²) in [5.41, 5.74) is 0.339. The minimum atomic E-state index is -0.471. The lowest BCUT2D eigenvalue weighted by atomic mass is 10.1. The van der Waals surface area contributed by atoms with Gasteiger partial charge in [0.15, 0.2) is 0 Å². The van der Waals surface area contributed by atoms with E-state index in [4.69, 9.17) is 0 Å². The van der Waals surface area contributed by atoms with Crippen molar-refractivity contribution in [2.24, 2.45) is 7.05 Å². The van der Waals surface area contributed by atoms with Gasteiger partial charge < -0.3 is 9.47 Å². The van der Waals surface area contributed by atoms with Crippen molar-refractivity contribution < 1.29 is 9.72 Å². The van der Waals surface area contributed by atoms with Crippen LogP contribution in [0.25, 0.3) is 0 Å². The molecule has 1 atom stereocenters. The third-order valence-electron chi connectivity index (χ3n) is 3.74. The number of carbonyl (C=O) groups is 1. The molecule has 0 bridgehead atoms. The summed E-state index contributed by atoms with van der Waals surface area (Å²) in [6.07, 6.45) is 5.59. The fourth-order valence-corrected chi connectivity index (χ4v) is 3.29. The molecule has 1 saturated heterocycles. The van der Waals surface area contributed by atoms with Crippen molar-refractivity contribution in [1.29, 1.82) is 0 Å². The Bertz CT molecular complexity index is 515. The molecular formula is C13H18BrN3O3. The zero-order chi connectivity index (χ0) is 14.7. The van der Waals surface area contributed by atoms with Gasteiger partial charge in [0.05, 0.1) is 11.1 Å². The molecule has 1 fully saturated rings. The van der Waals surface area contributed by atoms with E-state index < -0.39 is 4.92 Å². The summed E-state index contributed by atoms with van der Waals surface area (Å²) in [6, 6.07) is 1.53. The molecule has 2 rings (SSSR count). The first-order chi connectivity index (χ1) is 9.54. The van der Waals surface area contributed by atoms with Crippen LogP contribution in [-0.4, -0.2) is 38.2 Å². The molecule has 6 nitrogen and oxygen atoms in total. The van der Waals surface area contributed by atoms with Crippen molar-refractivity contribution in [3.05, 3.63) is 28.1 Å². The number of nitrogens with zero attached hydrogens (tertiary/aromatic N) is 3. The van der Waals surface area contributed by atoms with E-state index in [1.165, 1.54) is 16.8 Å². The summed E-state index contributed by atoms with van der Waals surface area (Å²) in [5.74, 6) is -0.119. The second kappa shape index (κ2) is 6.39. The van der Waals surface area contributed by atoms with E-state index in [1.807, 2.05) is 4.90 Å². The highest BCUT2D eigenvalue weighted by Crippen LogP contribution is 2.23. The molecule has 0 saturated carbocycles. The number of halogens is 1. The van der Waals surface area contributed by atoms with Gasteiger partial charge in [-0.25, -0.2) is 0 Å². The van der Waals surface area contributed by atoms with Crippen LogP contribution in [0.2, 0.25) is 0 Å². The van der Waals surface area contributed by atoms with Crippen LogP contribution in [0.15, 0.2) is 12.3 Å². The Morgan fingerprint density at radius 1 is 1.50 bits per heavy atom. The number of hydrogen-bond acceptors (Lipinski definition) is 3. The maximum Gasteiger partial charge on any atom is 0.287 e. The molecule has 1 aromatic rings. The smallest absolute Gasteiger partial charge is 0.287 e. The molecule has 2 heterocycles. The average Bonchev–Trinajstić information content (AvgIpc) is 2.67. The van der Waals surface area contributed by atoms with Crippen LogP contribution in [0.1, 0.15) is 36.2 Å². The number of aryl methyl sites for hydroxylation is 1. The third kappa shape index (κ3) is 3.03. The zero-order valence-corrected chi connectivity index (χ0v) is 13.0. The second-order valence-corrected chi connectivity index (χ2v) is 5.76. The van der Waals surface area contributed by atoms with Crippen molar-refractivity contribution in [3.63, 3.8) is 0 Å². The van der Waals surface area contributed by atoms with Crippen LogP contribution < -0.4 is 0 Å². The first-order valence-corrected chi connectivity index (χ1v) is 7.84. The Kier molecular flexibility index (Phi) is 4.80. The van der Waals surface area contributed by atoms with Crippen molar-refractivity contribution in [3.8, 4) is 0 Å². The summed E-state index contributed by atoms with van der Waals surface area (Å²) in [7, 11) is 1.67. The summed E-state index contributed by atoms with van der Waals surface area (Å²) in [6.45, 7) is 0.716. The van der Waals surface area contributed by atoms with Crippen LogP contribution >= 0.6 is 15.9 Å². The summed E-state index contributed by atoms with van der Waals surface area (Å²) in [5, 5.41) is 11.5. The Labute approximate surface area is 126 Å². The lowest BCUT2D eigenvalue weighted by Crippen LogP contribution is -2.41. The Balaban J connectivity index is 2.26. The topological polar surface area (TPSA) is 68.4 Å². The van der Waals surface area contributed by atoms with Crippen molar-refractivity contribution in [1.82, 2.24) is 9.47 Å². The molecule has 110 valence electrons. The highest BCUT2D eigenvalue weighted by atomic mass is 79.9. The van der Waals surface area contributed by atoms with Gasteiger partial charge in [0.2, 0.25) is 0 Å². The normalized spacial score (nSPS) is 19.7. The number of rotatable bonds is 3. The number of aromatic nitrogens is 1. The van der Waals surface area contributed by atoms with Gasteiger partial charge in [0.25, 0.3) is 11.6 Å². The molecule has 7 heteroatoms. The molecule has 1 aliphatic rings. The van der Waals surface area contributed by atoms with E-state index in [2.05, 4.69) is 15.9 Å². The van der Waals surface area contributed by atoms with E-state index in [0.717, 1.165) is 31.0 Å². The van der Waals surface area contributed by atoms with Crippen molar-refractivity contribution in [2.45, 2.75) is 31.7 Å². The monoisotopic (exact) mass is 343 g/mol. The molecule has 1 aromatic heterocycles. The molecule has 0 radical (unpaired) electrons. The minimum absolute atomic E-state index is 0.0407. The quantitative estimate of drug-likeness (QED) is 0.481. The van der Waals surface area contributed by atoms with E-state index >= 15 is 0 Å². The molecule has 1 amide bonds. The fourth-order valence-electron chi connectivity index (χ4n) is 2.61. The number of nitro groups is 1. The van der Waals surface area contributed by atoms with Crippen molar-refractivity contribution >= 4 is 27.5 Å². The third-order valence-corrected chi connectivity index (χ3v) is 4.48. The van der Waals surface area contributed by atoms with E-state index in [-0.39, 0.29) is 17.6 Å². The van der Waals surface area contributed by atoms with Gasteiger partial charge >= 0.3 is 0 Å². The van der Waals surface area contributed by atoms with Crippen LogP contribution in [0, 0.1) is 10.1 Å². The zero-order valence-electron chi connectivity index (χ0n) is 11.4. The van der Waals surface area contributed by atoms with Gasteiger partial charge in [-0.15, -0.1) is 0 Å². The van der Waals surface area contributed by atoms with E-state index in [0.29, 0.717) is 12.2 Å². The Morgan fingerprint density at radius 2 is 2.25 bits per heavy atom. The number of amides is 1. The predicted octanol–water partition coefficient (Wildman–Crippen LogP) is 2.71. The van der Waals surface area contributed by atoms with E-state index in [1.54, 1.807) is 7.05 Å². The molecule has 0 aromatic carbocycles.